The van der Waals surface area contributed by atoms with Crippen molar-refractivity contribution >= 4 is 11.9 Å². The van der Waals surface area contributed by atoms with Crippen LogP contribution in [0.25, 0.3) is 0 Å². The van der Waals surface area contributed by atoms with E-state index in [4.69, 9.17) is 9.52 Å². The summed E-state index contributed by atoms with van der Waals surface area (Å²) in [6, 6.07) is 2.31. The monoisotopic (exact) mass is 239 g/mol. The number of carboxylic acid groups (broad SMARTS) is 1. The van der Waals surface area contributed by atoms with Gasteiger partial charge in [0.25, 0.3) is 5.91 Å². The van der Waals surface area contributed by atoms with Crippen LogP contribution in [0.3, 0.4) is 0 Å². The highest BCUT2D eigenvalue weighted by atomic mass is 16.4. The van der Waals surface area contributed by atoms with E-state index < -0.39 is 17.9 Å². The third kappa shape index (κ3) is 3.94. The van der Waals surface area contributed by atoms with Gasteiger partial charge >= 0.3 is 5.97 Å². The first kappa shape index (κ1) is 13.3. The van der Waals surface area contributed by atoms with Crippen LogP contribution in [-0.4, -0.2) is 23.0 Å². The van der Waals surface area contributed by atoms with Crippen molar-refractivity contribution in [3.05, 3.63) is 23.7 Å². The van der Waals surface area contributed by atoms with Gasteiger partial charge in [-0.25, -0.2) is 4.79 Å². The zero-order valence-electron chi connectivity index (χ0n) is 10.2. The average Bonchev–Trinajstić information content (AvgIpc) is 2.63. The minimum absolute atomic E-state index is 0.137. The van der Waals surface area contributed by atoms with Crippen molar-refractivity contribution in [3.63, 3.8) is 0 Å². The quantitative estimate of drug-likeness (QED) is 0.821. The Morgan fingerprint density at radius 3 is 2.47 bits per heavy atom. The van der Waals surface area contributed by atoms with Crippen LogP contribution in [0.1, 0.15) is 36.6 Å². The lowest BCUT2D eigenvalue weighted by atomic mass is 10.0. The van der Waals surface area contributed by atoms with Crippen molar-refractivity contribution in [2.45, 2.75) is 33.2 Å². The maximum atomic E-state index is 11.7. The zero-order chi connectivity index (χ0) is 13.0. The van der Waals surface area contributed by atoms with E-state index in [1.54, 1.807) is 13.0 Å². The number of rotatable bonds is 5. The van der Waals surface area contributed by atoms with Crippen molar-refractivity contribution in [1.82, 2.24) is 5.32 Å². The number of carbonyl (C=O) groups is 2. The van der Waals surface area contributed by atoms with Crippen molar-refractivity contribution in [3.8, 4) is 0 Å². The van der Waals surface area contributed by atoms with E-state index in [-0.39, 0.29) is 11.7 Å². The van der Waals surface area contributed by atoms with Gasteiger partial charge in [0.05, 0.1) is 0 Å². The molecule has 0 saturated carbocycles. The van der Waals surface area contributed by atoms with E-state index in [9.17, 15) is 9.59 Å². The third-order valence-corrected chi connectivity index (χ3v) is 2.27. The Bertz CT molecular complexity index is 408. The van der Waals surface area contributed by atoms with Crippen LogP contribution in [0.4, 0.5) is 0 Å². The highest BCUT2D eigenvalue weighted by Gasteiger charge is 2.22. The molecule has 1 rings (SSSR count). The molecule has 1 aromatic rings. The zero-order valence-corrected chi connectivity index (χ0v) is 10.2. The van der Waals surface area contributed by atoms with Crippen molar-refractivity contribution < 1.29 is 19.1 Å². The third-order valence-electron chi connectivity index (χ3n) is 2.27. The molecule has 0 bridgehead atoms. The van der Waals surface area contributed by atoms with Gasteiger partial charge in [-0.1, -0.05) is 13.8 Å². The van der Waals surface area contributed by atoms with E-state index in [0.29, 0.717) is 12.2 Å². The lowest BCUT2D eigenvalue weighted by Crippen LogP contribution is -2.41. The van der Waals surface area contributed by atoms with Gasteiger partial charge in [-0.15, -0.1) is 0 Å². The number of aryl methyl sites for hydroxylation is 1. The fourth-order valence-corrected chi connectivity index (χ4v) is 1.48. The molecule has 0 aliphatic carbocycles. The molecule has 1 amide bonds. The summed E-state index contributed by atoms with van der Waals surface area (Å²) in [5, 5.41) is 11.4. The maximum absolute atomic E-state index is 11.7. The fourth-order valence-electron chi connectivity index (χ4n) is 1.48. The molecule has 94 valence electrons. The Kier molecular flexibility index (Phi) is 4.31. The van der Waals surface area contributed by atoms with E-state index in [2.05, 4.69) is 5.32 Å². The van der Waals surface area contributed by atoms with Gasteiger partial charge in [-0.3, -0.25) is 4.79 Å². The molecule has 5 nitrogen and oxygen atoms in total. The summed E-state index contributed by atoms with van der Waals surface area (Å²) >= 11 is 0. The molecule has 1 aromatic heterocycles. The predicted molar refractivity (Wildman–Crippen MR) is 61.8 cm³/mol. The number of aliphatic carboxylic acids is 1. The number of hydrogen-bond donors (Lipinski definition) is 2. The van der Waals surface area contributed by atoms with Gasteiger partial charge in [0.1, 0.15) is 11.8 Å². The molecule has 17 heavy (non-hydrogen) atoms. The number of carbonyl (C=O) groups excluding carboxylic acids is 1. The summed E-state index contributed by atoms with van der Waals surface area (Å²) in [6.07, 6.45) is 0.390. The van der Waals surface area contributed by atoms with E-state index in [1.165, 1.54) is 6.07 Å². The minimum Gasteiger partial charge on any atom is -0.480 e. The summed E-state index contributed by atoms with van der Waals surface area (Å²) in [7, 11) is 0. The van der Waals surface area contributed by atoms with Crippen LogP contribution in [0.2, 0.25) is 0 Å². The van der Waals surface area contributed by atoms with Crippen LogP contribution in [0.15, 0.2) is 16.5 Å². The topological polar surface area (TPSA) is 79.5 Å². The second kappa shape index (κ2) is 5.52. The first-order valence-corrected chi connectivity index (χ1v) is 5.50. The second-order valence-corrected chi connectivity index (χ2v) is 4.40. The van der Waals surface area contributed by atoms with E-state index in [1.807, 2.05) is 13.8 Å². The lowest BCUT2D eigenvalue weighted by molar-refractivity contribution is -0.139. The molecule has 1 atom stereocenters. The molecule has 0 aromatic carbocycles. The summed E-state index contributed by atoms with van der Waals surface area (Å²) in [6.45, 7) is 5.53. The molecule has 2 N–H and O–H groups in total. The first-order chi connectivity index (χ1) is 7.90. The molecule has 0 aliphatic rings. The molecule has 0 fully saturated rings. The van der Waals surface area contributed by atoms with Crippen LogP contribution in [0, 0.1) is 12.8 Å². The van der Waals surface area contributed by atoms with Gasteiger partial charge in [0.15, 0.2) is 5.76 Å². The summed E-state index contributed by atoms with van der Waals surface area (Å²) in [5.41, 5.74) is 0. The predicted octanol–water partition coefficient (Wildman–Crippen LogP) is 1.82. The summed E-state index contributed by atoms with van der Waals surface area (Å²) in [5.74, 6) is -0.584. The van der Waals surface area contributed by atoms with Gasteiger partial charge < -0.3 is 14.8 Å². The Labute approximate surface area is 99.8 Å². The molecule has 0 spiro atoms. The number of hydrogen-bond acceptors (Lipinski definition) is 3. The summed E-state index contributed by atoms with van der Waals surface area (Å²) < 4.78 is 5.13. The molecule has 0 saturated heterocycles. The first-order valence-electron chi connectivity index (χ1n) is 5.50. The molecule has 0 radical (unpaired) electrons. The Balaban J connectivity index is 2.67. The fraction of sp³-hybridized carbons (Fsp3) is 0.500. The molecule has 5 heteroatoms. The summed E-state index contributed by atoms with van der Waals surface area (Å²) in [4.78, 5) is 22.6. The van der Waals surface area contributed by atoms with Gasteiger partial charge in [-0.2, -0.15) is 0 Å². The van der Waals surface area contributed by atoms with Crippen LogP contribution in [0.5, 0.6) is 0 Å². The lowest BCUT2D eigenvalue weighted by Gasteiger charge is -2.15. The Morgan fingerprint density at radius 2 is 2.06 bits per heavy atom. The SMILES string of the molecule is Cc1ccc(C(=O)NC(CC(C)C)C(=O)O)o1. The van der Waals surface area contributed by atoms with Crippen LogP contribution < -0.4 is 5.32 Å². The van der Waals surface area contributed by atoms with E-state index in [0.717, 1.165) is 0 Å². The van der Waals surface area contributed by atoms with Crippen LogP contribution >= 0.6 is 0 Å². The number of carboxylic acids is 1. The highest BCUT2D eigenvalue weighted by molar-refractivity contribution is 5.94. The van der Waals surface area contributed by atoms with Gasteiger partial charge in [-0.05, 0) is 31.4 Å². The highest BCUT2D eigenvalue weighted by Crippen LogP contribution is 2.09. The number of furan rings is 1. The normalized spacial score (nSPS) is 12.5. The average molecular weight is 239 g/mol. The molecule has 1 heterocycles. The van der Waals surface area contributed by atoms with E-state index >= 15 is 0 Å². The Hall–Kier alpha value is -1.78. The Morgan fingerprint density at radius 1 is 1.41 bits per heavy atom. The second-order valence-electron chi connectivity index (χ2n) is 4.40. The van der Waals surface area contributed by atoms with Crippen molar-refractivity contribution in [1.29, 1.82) is 0 Å². The van der Waals surface area contributed by atoms with Crippen LogP contribution in [-0.2, 0) is 4.79 Å². The maximum Gasteiger partial charge on any atom is 0.326 e. The van der Waals surface area contributed by atoms with Crippen molar-refractivity contribution in [2.75, 3.05) is 0 Å². The standard InChI is InChI=1S/C12H17NO4/c1-7(2)6-9(12(15)16)13-11(14)10-5-4-8(3)17-10/h4-5,7,9H,6H2,1-3H3,(H,13,14)(H,15,16). The molecular weight excluding hydrogens is 222 g/mol. The van der Waals surface area contributed by atoms with Gasteiger partial charge in [0, 0.05) is 0 Å². The minimum atomic E-state index is -1.03. The molecule has 0 aliphatic heterocycles. The smallest absolute Gasteiger partial charge is 0.326 e. The number of amides is 1. The van der Waals surface area contributed by atoms with Crippen molar-refractivity contribution in [2.24, 2.45) is 5.92 Å². The molecular formula is C12H17NO4. The molecule has 1 unspecified atom stereocenters. The van der Waals surface area contributed by atoms with Gasteiger partial charge in [0.2, 0.25) is 0 Å². The largest absolute Gasteiger partial charge is 0.480 e. The number of nitrogens with one attached hydrogen (secondary N) is 1.